The summed E-state index contributed by atoms with van der Waals surface area (Å²) in [5.74, 6) is 1.09. The predicted molar refractivity (Wildman–Crippen MR) is 54.4 cm³/mol. The van der Waals surface area contributed by atoms with Crippen LogP contribution in [0.5, 0.6) is 0 Å². The van der Waals surface area contributed by atoms with Gasteiger partial charge in [0.05, 0.1) is 0 Å². The summed E-state index contributed by atoms with van der Waals surface area (Å²) in [5.41, 5.74) is 0. The molecule has 0 saturated carbocycles. The van der Waals surface area contributed by atoms with Crippen LogP contribution in [0.1, 0.15) is 41.5 Å². The summed E-state index contributed by atoms with van der Waals surface area (Å²) >= 11 is 0. The van der Waals surface area contributed by atoms with E-state index in [9.17, 15) is 4.79 Å². The Bertz CT molecular complexity index is 122. The highest BCUT2D eigenvalue weighted by Crippen LogP contribution is 2.13. The van der Waals surface area contributed by atoms with E-state index in [0.29, 0.717) is 5.78 Å². The second-order valence-electron chi connectivity index (χ2n) is 3.10. The third kappa shape index (κ3) is 5.30. The first-order chi connectivity index (χ1) is 5.79. The Labute approximate surface area is 77.2 Å². The zero-order valence-electron chi connectivity index (χ0n) is 8.52. The molecule has 1 atom stereocenters. The molecule has 2 heteroatoms. The second kappa shape index (κ2) is 7.29. The van der Waals surface area contributed by atoms with Crippen molar-refractivity contribution < 1.29 is 6.22 Å². The Morgan fingerprint density at radius 3 is 2.67 bits per heavy atom. The minimum absolute atomic E-state index is 0. The Morgan fingerprint density at radius 2 is 2.25 bits per heavy atom. The number of carbonyl (C=O) groups excluding carboxylic acids is 1. The molecule has 1 aliphatic rings. The molecule has 1 heterocycles. The monoisotopic (exact) mass is 173 g/mol. The molecule has 0 aliphatic carbocycles. The molecule has 0 radical (unpaired) electrons. The van der Waals surface area contributed by atoms with E-state index < -0.39 is 0 Å². The lowest BCUT2D eigenvalue weighted by atomic mass is 10.0. The van der Waals surface area contributed by atoms with Gasteiger partial charge in [-0.15, -0.1) is 0 Å². The number of nitrogens with one attached hydrogen (secondary N) is 1. The van der Waals surface area contributed by atoms with Gasteiger partial charge in [0.1, 0.15) is 5.78 Å². The van der Waals surface area contributed by atoms with Gasteiger partial charge in [0.15, 0.2) is 0 Å². The number of Topliss-reactive ketones (excluding diaryl/α,β-unsaturated/α-hetero) is 1. The summed E-state index contributed by atoms with van der Waals surface area (Å²) in [4.78, 5) is 10.6. The highest BCUT2D eigenvalue weighted by molar-refractivity contribution is 5.75. The van der Waals surface area contributed by atoms with Crippen LogP contribution in [0, 0.1) is 5.92 Å². The van der Waals surface area contributed by atoms with Crippen molar-refractivity contribution in [3.63, 3.8) is 0 Å². The number of hydrogen-bond acceptors (Lipinski definition) is 2. The van der Waals surface area contributed by atoms with Crippen LogP contribution < -0.4 is 5.32 Å². The van der Waals surface area contributed by atoms with Crippen molar-refractivity contribution in [1.82, 2.24) is 5.32 Å². The first-order valence-corrected chi connectivity index (χ1v) is 4.99. The zero-order chi connectivity index (χ0) is 9.40. The Morgan fingerprint density at radius 1 is 1.58 bits per heavy atom. The maximum Gasteiger partial charge on any atom is 0.129 e. The molecular formula is C10H23NO. The molecule has 1 unspecified atom stereocenters. The van der Waals surface area contributed by atoms with Crippen LogP contribution in [0.25, 0.3) is 0 Å². The van der Waals surface area contributed by atoms with E-state index in [1.807, 2.05) is 13.8 Å². The number of rotatable bonds is 3. The van der Waals surface area contributed by atoms with Gasteiger partial charge in [-0.05, 0) is 38.8 Å². The Hall–Kier alpha value is -0.370. The van der Waals surface area contributed by atoms with Crippen LogP contribution in [0.15, 0.2) is 0 Å². The number of ketones is 1. The van der Waals surface area contributed by atoms with Crippen molar-refractivity contribution in [2.45, 2.75) is 40.0 Å². The van der Waals surface area contributed by atoms with Crippen LogP contribution in [-0.4, -0.2) is 18.9 Å². The quantitative estimate of drug-likeness (QED) is 0.709. The third-order valence-electron chi connectivity index (χ3n) is 2.07. The van der Waals surface area contributed by atoms with Gasteiger partial charge in [0.25, 0.3) is 0 Å². The summed E-state index contributed by atoms with van der Waals surface area (Å²) in [7, 11) is 0. The van der Waals surface area contributed by atoms with Crippen molar-refractivity contribution in [3.8, 4) is 0 Å². The van der Waals surface area contributed by atoms with Crippen LogP contribution >= 0.6 is 0 Å². The molecule has 74 valence electrons. The molecule has 0 aromatic carbocycles. The normalized spacial score (nSPS) is 21.4. The second-order valence-corrected chi connectivity index (χ2v) is 3.10. The van der Waals surface area contributed by atoms with E-state index in [1.54, 1.807) is 6.92 Å². The molecule has 2 nitrogen and oxygen atoms in total. The number of hydrogen-bond donors (Lipinski definition) is 1. The fourth-order valence-electron chi connectivity index (χ4n) is 1.37. The first-order valence-electron chi connectivity index (χ1n) is 4.99. The lowest BCUT2D eigenvalue weighted by Crippen LogP contribution is -2.09. The molecule has 1 aliphatic heterocycles. The van der Waals surface area contributed by atoms with Gasteiger partial charge in [-0.25, -0.2) is 0 Å². The molecule has 1 rings (SSSR count). The van der Waals surface area contributed by atoms with Gasteiger partial charge in [0.2, 0.25) is 0 Å². The smallest absolute Gasteiger partial charge is 0.129 e. The topological polar surface area (TPSA) is 29.1 Å². The molecule has 0 amide bonds. The van der Waals surface area contributed by atoms with Crippen molar-refractivity contribution in [3.05, 3.63) is 0 Å². The highest BCUT2D eigenvalue weighted by atomic mass is 16.1. The largest absolute Gasteiger partial charge is 0.316 e. The molecule has 1 N–H and O–H groups in total. The van der Waals surface area contributed by atoms with Crippen molar-refractivity contribution in [2.75, 3.05) is 13.1 Å². The summed E-state index contributed by atoms with van der Waals surface area (Å²) in [5, 5.41) is 3.28. The van der Waals surface area contributed by atoms with Crippen molar-refractivity contribution >= 4 is 5.78 Å². The maximum atomic E-state index is 10.6. The van der Waals surface area contributed by atoms with E-state index in [0.717, 1.165) is 31.8 Å². The van der Waals surface area contributed by atoms with E-state index >= 15 is 0 Å². The molecule has 0 bridgehead atoms. The van der Waals surface area contributed by atoms with E-state index in [4.69, 9.17) is 0 Å². The van der Waals surface area contributed by atoms with Gasteiger partial charge in [0, 0.05) is 7.85 Å². The zero-order valence-corrected chi connectivity index (χ0v) is 8.52. The van der Waals surface area contributed by atoms with Crippen LogP contribution in [0.2, 0.25) is 0 Å². The fraction of sp³-hybridized carbons (Fsp3) is 0.900. The minimum atomic E-state index is 0. The van der Waals surface area contributed by atoms with Crippen molar-refractivity contribution in [1.29, 1.82) is 0 Å². The van der Waals surface area contributed by atoms with E-state index in [-0.39, 0.29) is 1.43 Å². The van der Waals surface area contributed by atoms with Gasteiger partial charge in [-0.1, -0.05) is 13.8 Å². The molecule has 1 saturated heterocycles. The van der Waals surface area contributed by atoms with Gasteiger partial charge >= 0.3 is 0 Å². The average Bonchev–Trinajstić information content (AvgIpc) is 2.56. The van der Waals surface area contributed by atoms with E-state index in [1.165, 1.54) is 6.42 Å². The molecular weight excluding hydrogens is 150 g/mol. The standard InChI is InChI=1S/C8H15NO.C2H6.H2/c1-7(10)2-3-8-4-5-9-6-8;1-2;/h8-9H,2-6H2,1H3;1-2H3;1H. The Balaban J connectivity index is 0. The predicted octanol–water partition coefficient (Wildman–Crippen LogP) is 2.24. The van der Waals surface area contributed by atoms with Crippen molar-refractivity contribution in [2.24, 2.45) is 5.92 Å². The molecule has 0 aromatic rings. The van der Waals surface area contributed by atoms with Gasteiger partial charge in [-0.2, -0.15) is 0 Å². The summed E-state index contributed by atoms with van der Waals surface area (Å²) in [6.45, 7) is 7.93. The maximum absolute atomic E-state index is 10.6. The van der Waals surface area contributed by atoms with Gasteiger partial charge in [-0.3, -0.25) is 0 Å². The minimum Gasteiger partial charge on any atom is -0.316 e. The Kier molecular flexibility index (Phi) is 7.06. The molecule has 12 heavy (non-hydrogen) atoms. The third-order valence-corrected chi connectivity index (χ3v) is 2.07. The molecule has 1 fully saturated rings. The fourth-order valence-corrected chi connectivity index (χ4v) is 1.37. The van der Waals surface area contributed by atoms with Crippen LogP contribution in [0.3, 0.4) is 0 Å². The molecule has 0 aromatic heterocycles. The lowest BCUT2D eigenvalue weighted by molar-refractivity contribution is -0.117. The molecule has 0 spiro atoms. The summed E-state index contributed by atoms with van der Waals surface area (Å²) in [6.07, 6.45) is 3.11. The van der Waals surface area contributed by atoms with E-state index in [2.05, 4.69) is 5.32 Å². The van der Waals surface area contributed by atoms with Gasteiger partial charge < -0.3 is 10.1 Å². The lowest BCUT2D eigenvalue weighted by Gasteiger charge is -2.04. The average molecular weight is 173 g/mol. The summed E-state index contributed by atoms with van der Waals surface area (Å²) in [6, 6.07) is 0. The summed E-state index contributed by atoms with van der Waals surface area (Å²) < 4.78 is 0. The first kappa shape index (κ1) is 11.6. The van der Waals surface area contributed by atoms with Crippen LogP contribution in [-0.2, 0) is 4.79 Å². The SMILES string of the molecule is CC.CC(=O)CCC1CCNC1.[HH]. The highest BCUT2D eigenvalue weighted by Gasteiger charge is 2.13. The number of carbonyl (C=O) groups is 1. The van der Waals surface area contributed by atoms with Crippen LogP contribution in [0.4, 0.5) is 0 Å².